The second kappa shape index (κ2) is 9.63. The van der Waals surface area contributed by atoms with Gasteiger partial charge in [0.15, 0.2) is 0 Å². The van der Waals surface area contributed by atoms with Crippen molar-refractivity contribution in [3.8, 4) is 0 Å². The van der Waals surface area contributed by atoms with E-state index in [0.717, 1.165) is 29.6 Å². The van der Waals surface area contributed by atoms with Gasteiger partial charge >= 0.3 is 0 Å². The zero-order chi connectivity index (χ0) is 17.6. The van der Waals surface area contributed by atoms with Gasteiger partial charge in [-0.15, -0.1) is 0 Å². The van der Waals surface area contributed by atoms with Crippen LogP contribution in [0.25, 0.3) is 0 Å². The zero-order valence-corrected chi connectivity index (χ0v) is 17.6. The molecule has 0 aromatic rings. The van der Waals surface area contributed by atoms with Gasteiger partial charge in [0.05, 0.1) is 0 Å². The van der Waals surface area contributed by atoms with Crippen molar-refractivity contribution >= 4 is 0 Å². The van der Waals surface area contributed by atoms with E-state index in [1.807, 2.05) is 0 Å². The van der Waals surface area contributed by atoms with Crippen molar-refractivity contribution in [1.82, 2.24) is 0 Å². The molecule has 0 bridgehead atoms. The Kier molecular flexibility index (Phi) is 8.15. The van der Waals surface area contributed by atoms with Crippen molar-refractivity contribution in [2.45, 2.75) is 118 Å². The van der Waals surface area contributed by atoms with E-state index in [9.17, 15) is 0 Å². The molecule has 2 fully saturated rings. The summed E-state index contributed by atoms with van der Waals surface area (Å²) >= 11 is 0. The van der Waals surface area contributed by atoms with E-state index in [4.69, 9.17) is 0 Å². The van der Waals surface area contributed by atoms with Crippen LogP contribution in [0.2, 0.25) is 0 Å². The van der Waals surface area contributed by atoms with Gasteiger partial charge in [0.25, 0.3) is 0 Å². The SMILES string of the molecule is CCCCC1CC(C2CCC(C)C2)CCCC(C)(CC)CCC1C. The molecule has 0 N–H and O–H groups in total. The Bertz CT molecular complexity index is 346. The molecule has 142 valence electrons. The molecular formula is C24H46. The number of hydrogen-bond acceptors (Lipinski definition) is 0. The minimum atomic E-state index is 0.619. The maximum Gasteiger partial charge on any atom is -0.0328 e. The van der Waals surface area contributed by atoms with Gasteiger partial charge in [-0.1, -0.05) is 79.6 Å². The molecule has 2 rings (SSSR count). The Balaban J connectivity index is 2.08. The molecule has 0 aromatic heterocycles. The summed E-state index contributed by atoms with van der Waals surface area (Å²) in [6.45, 7) is 12.5. The standard InChI is InChI=1S/C24H46/c1-6-8-10-21-18-22(23-13-12-19(3)17-23)11-9-15-24(5,7-2)16-14-20(21)4/h19-23H,6-18H2,1-5H3. The molecule has 0 heteroatoms. The minimum absolute atomic E-state index is 0.619. The lowest BCUT2D eigenvalue weighted by Crippen LogP contribution is -2.26. The first-order valence-electron chi connectivity index (χ1n) is 11.5. The van der Waals surface area contributed by atoms with E-state index in [-0.39, 0.29) is 0 Å². The number of unbranched alkanes of at least 4 members (excludes halogenated alkanes) is 1. The van der Waals surface area contributed by atoms with Crippen LogP contribution >= 0.6 is 0 Å². The average molecular weight is 335 g/mol. The van der Waals surface area contributed by atoms with Crippen molar-refractivity contribution in [2.75, 3.05) is 0 Å². The smallest absolute Gasteiger partial charge is 0.0328 e. The molecule has 2 saturated carbocycles. The van der Waals surface area contributed by atoms with Crippen LogP contribution < -0.4 is 0 Å². The predicted molar refractivity (Wildman–Crippen MR) is 108 cm³/mol. The maximum atomic E-state index is 2.59. The van der Waals surface area contributed by atoms with Crippen molar-refractivity contribution < 1.29 is 0 Å². The van der Waals surface area contributed by atoms with Crippen LogP contribution in [0.4, 0.5) is 0 Å². The van der Waals surface area contributed by atoms with E-state index < -0.39 is 0 Å². The third-order valence-corrected chi connectivity index (χ3v) is 8.15. The number of rotatable bonds is 5. The molecular weight excluding hydrogens is 288 g/mol. The molecule has 0 saturated heterocycles. The van der Waals surface area contributed by atoms with Gasteiger partial charge in [-0.25, -0.2) is 0 Å². The Labute approximate surface area is 153 Å². The highest BCUT2D eigenvalue weighted by atomic mass is 14.4. The summed E-state index contributed by atoms with van der Waals surface area (Å²) in [5.41, 5.74) is 0.619. The Morgan fingerprint density at radius 1 is 0.875 bits per heavy atom. The van der Waals surface area contributed by atoms with Crippen LogP contribution in [-0.4, -0.2) is 0 Å². The van der Waals surface area contributed by atoms with Gasteiger partial charge in [0, 0.05) is 0 Å². The molecule has 0 spiro atoms. The van der Waals surface area contributed by atoms with Crippen molar-refractivity contribution in [3.63, 3.8) is 0 Å². The van der Waals surface area contributed by atoms with Crippen LogP contribution in [-0.2, 0) is 0 Å². The van der Waals surface area contributed by atoms with Crippen molar-refractivity contribution in [1.29, 1.82) is 0 Å². The van der Waals surface area contributed by atoms with Gasteiger partial charge in [-0.05, 0) is 73.5 Å². The first kappa shape index (κ1) is 20.3. The quantitative estimate of drug-likeness (QED) is 0.474. The largest absolute Gasteiger partial charge is 0.0654 e. The molecule has 6 atom stereocenters. The van der Waals surface area contributed by atoms with E-state index in [1.54, 1.807) is 6.42 Å². The van der Waals surface area contributed by atoms with Crippen LogP contribution in [0.3, 0.4) is 0 Å². The number of hydrogen-bond donors (Lipinski definition) is 0. The molecule has 0 aromatic carbocycles. The summed E-state index contributed by atoms with van der Waals surface area (Å²) in [5, 5.41) is 0. The molecule has 24 heavy (non-hydrogen) atoms. The fraction of sp³-hybridized carbons (Fsp3) is 1.00. The van der Waals surface area contributed by atoms with Gasteiger partial charge in [-0.2, -0.15) is 0 Å². The van der Waals surface area contributed by atoms with Crippen LogP contribution in [0, 0.1) is 35.0 Å². The lowest BCUT2D eigenvalue weighted by molar-refractivity contribution is 0.142. The fourth-order valence-corrected chi connectivity index (χ4v) is 5.80. The molecule has 2 aliphatic carbocycles. The fourth-order valence-electron chi connectivity index (χ4n) is 5.80. The highest BCUT2D eigenvalue weighted by Gasteiger charge is 2.33. The maximum absolute atomic E-state index is 2.59. The predicted octanol–water partition coefficient (Wildman–Crippen LogP) is 8.25. The summed E-state index contributed by atoms with van der Waals surface area (Å²) in [6, 6.07) is 0. The van der Waals surface area contributed by atoms with Crippen molar-refractivity contribution in [2.24, 2.45) is 35.0 Å². The highest BCUT2D eigenvalue weighted by Crippen LogP contribution is 2.45. The molecule has 0 aliphatic heterocycles. The van der Waals surface area contributed by atoms with Gasteiger partial charge < -0.3 is 0 Å². The summed E-state index contributed by atoms with van der Waals surface area (Å²) in [6.07, 6.45) is 19.3. The topological polar surface area (TPSA) is 0 Å². The second-order valence-corrected chi connectivity index (χ2v) is 10.1. The molecule has 0 radical (unpaired) electrons. The minimum Gasteiger partial charge on any atom is -0.0654 e. The normalized spacial score (nSPS) is 42.1. The molecule has 0 nitrogen and oxygen atoms in total. The van der Waals surface area contributed by atoms with Gasteiger partial charge in [0.1, 0.15) is 0 Å². The lowest BCUT2D eigenvalue weighted by atomic mass is 9.68. The molecule has 0 amide bonds. The highest BCUT2D eigenvalue weighted by molar-refractivity contribution is 4.85. The van der Waals surface area contributed by atoms with Gasteiger partial charge in [0.2, 0.25) is 0 Å². The van der Waals surface area contributed by atoms with Crippen LogP contribution in [0.15, 0.2) is 0 Å². The van der Waals surface area contributed by atoms with Gasteiger partial charge in [-0.3, -0.25) is 0 Å². The van der Waals surface area contributed by atoms with E-state index in [0.29, 0.717) is 5.41 Å². The van der Waals surface area contributed by atoms with E-state index in [2.05, 4.69) is 34.6 Å². The zero-order valence-electron chi connectivity index (χ0n) is 17.6. The monoisotopic (exact) mass is 334 g/mol. The second-order valence-electron chi connectivity index (χ2n) is 10.1. The Morgan fingerprint density at radius 3 is 2.25 bits per heavy atom. The van der Waals surface area contributed by atoms with E-state index >= 15 is 0 Å². The Hall–Kier alpha value is 0. The third-order valence-electron chi connectivity index (χ3n) is 8.15. The lowest BCUT2D eigenvalue weighted by Gasteiger charge is -2.37. The summed E-state index contributed by atoms with van der Waals surface area (Å²) in [4.78, 5) is 0. The van der Waals surface area contributed by atoms with Crippen LogP contribution in [0.1, 0.15) is 118 Å². The first-order chi connectivity index (χ1) is 11.5. The average Bonchev–Trinajstić information content (AvgIpc) is 3.01. The first-order valence-corrected chi connectivity index (χ1v) is 11.5. The summed E-state index contributed by atoms with van der Waals surface area (Å²) < 4.78 is 0. The third kappa shape index (κ3) is 5.77. The van der Waals surface area contributed by atoms with E-state index in [1.165, 1.54) is 77.0 Å². The van der Waals surface area contributed by atoms with Crippen molar-refractivity contribution in [3.05, 3.63) is 0 Å². The molecule has 0 heterocycles. The Morgan fingerprint density at radius 2 is 1.62 bits per heavy atom. The molecule has 2 aliphatic rings. The summed E-state index contributed by atoms with van der Waals surface area (Å²) in [5.74, 6) is 5.05. The summed E-state index contributed by atoms with van der Waals surface area (Å²) in [7, 11) is 0. The molecule has 6 unspecified atom stereocenters. The van der Waals surface area contributed by atoms with Crippen LogP contribution in [0.5, 0.6) is 0 Å².